The van der Waals surface area contributed by atoms with Gasteiger partial charge < -0.3 is 19.7 Å². The predicted molar refractivity (Wildman–Crippen MR) is 119 cm³/mol. The molecule has 1 fully saturated rings. The number of ether oxygens (including phenoxy) is 2. The number of hydrogen-bond acceptors (Lipinski definition) is 4. The van der Waals surface area contributed by atoms with Crippen molar-refractivity contribution < 1.29 is 19.2 Å². The first-order chi connectivity index (χ1) is 15.1. The minimum absolute atomic E-state index is 0.124. The highest BCUT2D eigenvalue weighted by molar-refractivity contribution is 5.94. The van der Waals surface area contributed by atoms with Crippen LogP contribution in [0.2, 0.25) is 0 Å². The van der Waals surface area contributed by atoms with E-state index in [2.05, 4.69) is 5.32 Å². The molecule has 1 aliphatic rings. The van der Waals surface area contributed by atoms with Crippen LogP contribution in [0.25, 0.3) is 16.9 Å². The molecule has 2 N–H and O–H groups in total. The zero-order valence-electron chi connectivity index (χ0n) is 18.1. The van der Waals surface area contributed by atoms with Crippen LogP contribution in [0.3, 0.4) is 0 Å². The van der Waals surface area contributed by atoms with Crippen molar-refractivity contribution in [2.45, 2.75) is 6.92 Å². The summed E-state index contributed by atoms with van der Waals surface area (Å²) in [6.07, 6.45) is 0. The third kappa shape index (κ3) is 5.13. The fraction of sp³-hybridized carbons (Fsp3) is 0.333. The smallest absolute Gasteiger partial charge is 0.270 e. The number of rotatable bonds is 7. The van der Waals surface area contributed by atoms with Crippen molar-refractivity contribution in [3.05, 3.63) is 65.9 Å². The van der Waals surface area contributed by atoms with Crippen LogP contribution in [0.4, 0.5) is 0 Å². The van der Waals surface area contributed by atoms with Crippen molar-refractivity contribution in [2.24, 2.45) is 0 Å². The molecule has 0 saturated carbocycles. The van der Waals surface area contributed by atoms with E-state index >= 15 is 0 Å². The number of aromatic nitrogens is 2. The molecule has 0 spiro atoms. The molecule has 1 aliphatic heterocycles. The van der Waals surface area contributed by atoms with Gasteiger partial charge in [0.25, 0.3) is 5.91 Å². The molecular formula is C24H29N4O3+. The number of morpholine rings is 1. The van der Waals surface area contributed by atoms with Gasteiger partial charge in [-0.15, -0.1) is 0 Å². The van der Waals surface area contributed by atoms with Crippen molar-refractivity contribution in [1.82, 2.24) is 15.1 Å². The molecule has 1 amide bonds. The van der Waals surface area contributed by atoms with E-state index in [1.807, 2.05) is 61.5 Å². The number of carbonyl (C=O) groups excluding carboxylic acids is 1. The zero-order valence-corrected chi connectivity index (χ0v) is 18.1. The molecule has 31 heavy (non-hydrogen) atoms. The van der Waals surface area contributed by atoms with Crippen molar-refractivity contribution in [1.29, 1.82) is 0 Å². The Balaban J connectivity index is 1.57. The van der Waals surface area contributed by atoms with Gasteiger partial charge in [-0.2, -0.15) is 5.10 Å². The average Bonchev–Trinajstić information content (AvgIpc) is 3.25. The van der Waals surface area contributed by atoms with Gasteiger partial charge in [-0.25, -0.2) is 4.68 Å². The van der Waals surface area contributed by atoms with Gasteiger partial charge in [0.15, 0.2) is 0 Å². The Hall–Kier alpha value is -3.16. The van der Waals surface area contributed by atoms with Gasteiger partial charge in [-0.05, 0) is 55.0 Å². The Morgan fingerprint density at radius 1 is 1.16 bits per heavy atom. The Labute approximate surface area is 182 Å². The molecule has 2 heterocycles. The second-order valence-corrected chi connectivity index (χ2v) is 7.76. The first-order valence-corrected chi connectivity index (χ1v) is 10.6. The zero-order chi connectivity index (χ0) is 21.6. The molecular weight excluding hydrogens is 392 g/mol. The maximum Gasteiger partial charge on any atom is 0.270 e. The lowest BCUT2D eigenvalue weighted by molar-refractivity contribution is -0.906. The maximum atomic E-state index is 13.1. The lowest BCUT2D eigenvalue weighted by atomic mass is 10.1. The molecule has 4 rings (SSSR count). The number of quaternary nitrogens is 1. The topological polar surface area (TPSA) is 69.8 Å². The largest absolute Gasteiger partial charge is 0.497 e. The molecule has 0 bridgehead atoms. The quantitative estimate of drug-likeness (QED) is 0.607. The van der Waals surface area contributed by atoms with Crippen molar-refractivity contribution >= 4 is 5.91 Å². The van der Waals surface area contributed by atoms with Crippen LogP contribution in [0.15, 0.2) is 54.6 Å². The second kappa shape index (κ2) is 9.76. The van der Waals surface area contributed by atoms with E-state index in [4.69, 9.17) is 14.6 Å². The summed E-state index contributed by atoms with van der Waals surface area (Å²) in [7, 11) is 1.64. The van der Waals surface area contributed by atoms with E-state index in [0.29, 0.717) is 12.2 Å². The second-order valence-electron chi connectivity index (χ2n) is 7.76. The van der Waals surface area contributed by atoms with Crippen LogP contribution < -0.4 is 15.0 Å². The van der Waals surface area contributed by atoms with E-state index in [1.165, 1.54) is 4.90 Å². The van der Waals surface area contributed by atoms with Crippen LogP contribution in [0, 0.1) is 6.92 Å². The monoisotopic (exact) mass is 421 g/mol. The minimum atomic E-state index is -0.124. The van der Waals surface area contributed by atoms with Gasteiger partial charge in [-0.1, -0.05) is 12.1 Å². The number of amides is 1. The van der Waals surface area contributed by atoms with Gasteiger partial charge in [0.1, 0.15) is 24.5 Å². The molecule has 2 aromatic carbocycles. The van der Waals surface area contributed by atoms with Gasteiger partial charge in [0.05, 0.1) is 44.8 Å². The minimum Gasteiger partial charge on any atom is -0.497 e. The number of nitrogens with zero attached hydrogens (tertiary/aromatic N) is 2. The Morgan fingerprint density at radius 2 is 1.94 bits per heavy atom. The van der Waals surface area contributed by atoms with Crippen LogP contribution in [-0.4, -0.2) is 62.2 Å². The lowest BCUT2D eigenvalue weighted by Gasteiger charge is -2.23. The SMILES string of the molecule is COc1ccc(-c2cc(C(=O)NCC[NH+]3CCOCC3)n(-c3cccc(C)c3)n2)cc1. The molecule has 1 aromatic heterocycles. The number of methoxy groups -OCH3 is 1. The summed E-state index contributed by atoms with van der Waals surface area (Å²) < 4.78 is 12.4. The van der Waals surface area contributed by atoms with E-state index in [-0.39, 0.29) is 5.91 Å². The Kier molecular flexibility index (Phi) is 6.64. The van der Waals surface area contributed by atoms with Crippen LogP contribution in [0.1, 0.15) is 16.1 Å². The summed E-state index contributed by atoms with van der Waals surface area (Å²) in [6.45, 7) is 7.08. The summed E-state index contributed by atoms with van der Waals surface area (Å²) in [5.74, 6) is 0.659. The molecule has 1 saturated heterocycles. The first-order valence-electron chi connectivity index (χ1n) is 10.6. The summed E-state index contributed by atoms with van der Waals surface area (Å²) in [5, 5.41) is 7.83. The third-order valence-electron chi connectivity index (χ3n) is 5.54. The lowest BCUT2D eigenvalue weighted by Crippen LogP contribution is -3.14. The number of carbonyl (C=O) groups is 1. The molecule has 162 valence electrons. The fourth-order valence-electron chi connectivity index (χ4n) is 3.76. The first kappa shape index (κ1) is 21.1. The number of aryl methyl sites for hydroxylation is 1. The van der Waals surface area contributed by atoms with Gasteiger partial charge in [0.2, 0.25) is 0 Å². The summed E-state index contributed by atoms with van der Waals surface area (Å²) in [4.78, 5) is 14.5. The van der Waals surface area contributed by atoms with Gasteiger partial charge in [0, 0.05) is 5.56 Å². The number of nitrogens with one attached hydrogen (secondary N) is 2. The van der Waals surface area contributed by atoms with Crippen LogP contribution in [-0.2, 0) is 4.74 Å². The third-order valence-corrected chi connectivity index (χ3v) is 5.54. The van der Waals surface area contributed by atoms with Crippen LogP contribution in [0.5, 0.6) is 5.75 Å². The molecule has 0 atom stereocenters. The highest BCUT2D eigenvalue weighted by atomic mass is 16.5. The van der Waals surface area contributed by atoms with Crippen molar-refractivity contribution in [2.75, 3.05) is 46.5 Å². The molecule has 3 aromatic rings. The fourth-order valence-corrected chi connectivity index (χ4v) is 3.76. The molecule has 7 nitrogen and oxygen atoms in total. The maximum absolute atomic E-state index is 13.1. The van der Waals surface area contributed by atoms with Gasteiger partial charge in [-0.3, -0.25) is 4.79 Å². The predicted octanol–water partition coefficient (Wildman–Crippen LogP) is 1.50. The average molecular weight is 422 g/mol. The Bertz CT molecular complexity index is 1020. The molecule has 7 heteroatoms. The normalized spacial score (nSPS) is 14.4. The molecule has 0 radical (unpaired) electrons. The molecule has 0 aliphatic carbocycles. The van der Waals surface area contributed by atoms with Crippen LogP contribution >= 0.6 is 0 Å². The van der Waals surface area contributed by atoms with E-state index in [1.54, 1.807) is 11.8 Å². The highest BCUT2D eigenvalue weighted by Gasteiger charge is 2.19. The van der Waals surface area contributed by atoms with Crippen molar-refractivity contribution in [3.8, 4) is 22.7 Å². The summed E-state index contributed by atoms with van der Waals surface area (Å²) >= 11 is 0. The van der Waals surface area contributed by atoms with Crippen molar-refractivity contribution in [3.63, 3.8) is 0 Å². The highest BCUT2D eigenvalue weighted by Crippen LogP contribution is 2.24. The van der Waals surface area contributed by atoms with E-state index in [9.17, 15) is 4.79 Å². The molecule has 0 unspecified atom stereocenters. The standard InChI is InChI=1S/C24H28N4O3/c1-18-4-3-5-20(16-18)28-23(24(29)25-10-11-27-12-14-31-15-13-27)17-22(26-28)19-6-8-21(30-2)9-7-19/h3-9,16-17H,10-15H2,1-2H3,(H,25,29)/p+1. The van der Waals surface area contributed by atoms with E-state index in [0.717, 1.165) is 61.1 Å². The number of benzene rings is 2. The summed E-state index contributed by atoms with van der Waals surface area (Å²) in [6, 6.07) is 17.5. The number of hydrogen-bond donors (Lipinski definition) is 2. The van der Waals surface area contributed by atoms with E-state index < -0.39 is 0 Å². The Morgan fingerprint density at radius 3 is 2.65 bits per heavy atom. The summed E-state index contributed by atoms with van der Waals surface area (Å²) in [5.41, 5.74) is 4.17. The van der Waals surface area contributed by atoms with Gasteiger partial charge >= 0.3 is 0 Å².